The zero-order chi connectivity index (χ0) is 15.4. The highest BCUT2D eigenvalue weighted by atomic mass is 19.1. The minimum absolute atomic E-state index is 0.237. The highest BCUT2D eigenvalue weighted by Gasteiger charge is 2.29. The molecule has 7 heteroatoms. The van der Waals surface area contributed by atoms with E-state index < -0.39 is 17.7 Å². The van der Waals surface area contributed by atoms with Crippen LogP contribution in [0.15, 0.2) is 24.3 Å². The van der Waals surface area contributed by atoms with Gasteiger partial charge in [-0.25, -0.2) is 4.39 Å². The van der Waals surface area contributed by atoms with E-state index >= 15 is 0 Å². The van der Waals surface area contributed by atoms with E-state index in [9.17, 15) is 9.18 Å². The fourth-order valence-corrected chi connectivity index (χ4v) is 2.11. The maximum absolute atomic E-state index is 13.5. The molecule has 0 amide bonds. The van der Waals surface area contributed by atoms with Gasteiger partial charge in [-0.05, 0) is 24.6 Å². The fraction of sp³-hybridized carbons (Fsp3) is 0.357. The number of anilines is 1. The number of ether oxygens (including phenoxy) is 1. The lowest BCUT2D eigenvalue weighted by Gasteiger charge is -2.15. The number of halogens is 1. The van der Waals surface area contributed by atoms with Gasteiger partial charge in [0.2, 0.25) is 5.95 Å². The van der Waals surface area contributed by atoms with E-state index in [0.29, 0.717) is 17.3 Å². The molecular weight excluding hydrogens is 275 g/mol. The molecule has 0 aliphatic rings. The summed E-state index contributed by atoms with van der Waals surface area (Å²) in [7, 11) is 3.43. The Labute approximate surface area is 121 Å². The zero-order valence-corrected chi connectivity index (χ0v) is 12.1. The third kappa shape index (κ3) is 3.01. The molecule has 1 heterocycles. The predicted octanol–water partition coefficient (Wildman–Crippen LogP) is 1.69. The first-order chi connectivity index (χ1) is 10.1. The van der Waals surface area contributed by atoms with Crippen LogP contribution in [0.5, 0.6) is 0 Å². The molecule has 2 rings (SSSR count). The Hall–Kier alpha value is -2.44. The standard InChI is InChI=1S/C14H17FN4O2/c1-4-21-13(20)11(9-6-5-7-10(15)8-9)12-17-18-14(16-2)19(12)3/h5-8,11H,4H2,1-3H3,(H,16,18). The van der Waals surface area contributed by atoms with Crippen LogP contribution in [0.25, 0.3) is 0 Å². The summed E-state index contributed by atoms with van der Waals surface area (Å²) in [4.78, 5) is 12.3. The molecule has 21 heavy (non-hydrogen) atoms. The van der Waals surface area contributed by atoms with Gasteiger partial charge in [-0.3, -0.25) is 9.36 Å². The molecule has 0 aliphatic heterocycles. The molecule has 0 saturated heterocycles. The lowest BCUT2D eigenvalue weighted by molar-refractivity contribution is -0.144. The number of benzene rings is 1. The lowest BCUT2D eigenvalue weighted by Crippen LogP contribution is -2.21. The molecule has 1 N–H and O–H groups in total. The summed E-state index contributed by atoms with van der Waals surface area (Å²) in [5.74, 6) is -0.821. The minimum atomic E-state index is -0.819. The van der Waals surface area contributed by atoms with Crippen LogP contribution < -0.4 is 5.32 Å². The first-order valence-electron chi connectivity index (χ1n) is 6.57. The van der Waals surface area contributed by atoms with Crippen molar-refractivity contribution in [2.75, 3.05) is 19.0 Å². The molecule has 1 atom stereocenters. The normalized spacial score (nSPS) is 12.0. The average Bonchev–Trinajstić information content (AvgIpc) is 2.81. The highest BCUT2D eigenvalue weighted by molar-refractivity contribution is 5.81. The number of nitrogens with zero attached hydrogens (tertiary/aromatic N) is 3. The second kappa shape index (κ2) is 6.34. The summed E-state index contributed by atoms with van der Waals surface area (Å²) in [6.45, 7) is 1.96. The maximum Gasteiger partial charge on any atom is 0.321 e. The van der Waals surface area contributed by atoms with Crippen LogP contribution in [0.4, 0.5) is 10.3 Å². The number of esters is 1. The van der Waals surface area contributed by atoms with Crippen LogP contribution in [0.2, 0.25) is 0 Å². The monoisotopic (exact) mass is 292 g/mol. The first-order valence-corrected chi connectivity index (χ1v) is 6.57. The molecule has 1 aromatic carbocycles. The second-order valence-electron chi connectivity index (χ2n) is 4.43. The molecule has 6 nitrogen and oxygen atoms in total. The van der Waals surface area contributed by atoms with E-state index in [0.717, 1.165) is 0 Å². The van der Waals surface area contributed by atoms with E-state index in [2.05, 4.69) is 15.5 Å². The number of aromatic nitrogens is 3. The molecule has 1 aromatic heterocycles. The molecule has 0 saturated carbocycles. The SMILES string of the molecule is CCOC(=O)C(c1cccc(F)c1)c1nnc(NC)n1C. The number of carbonyl (C=O) groups is 1. The van der Waals surface area contributed by atoms with Crippen molar-refractivity contribution in [1.82, 2.24) is 14.8 Å². The van der Waals surface area contributed by atoms with Crippen molar-refractivity contribution in [1.29, 1.82) is 0 Å². The molecule has 1 unspecified atom stereocenters. The molecule has 0 radical (unpaired) electrons. The van der Waals surface area contributed by atoms with Crippen molar-refractivity contribution >= 4 is 11.9 Å². The predicted molar refractivity (Wildman–Crippen MR) is 75.4 cm³/mol. The topological polar surface area (TPSA) is 69.0 Å². The van der Waals surface area contributed by atoms with Crippen molar-refractivity contribution in [2.24, 2.45) is 7.05 Å². The molecule has 0 aliphatic carbocycles. The Morgan fingerprint density at radius 2 is 2.24 bits per heavy atom. The number of nitrogens with one attached hydrogen (secondary N) is 1. The van der Waals surface area contributed by atoms with Crippen LogP contribution in [0.3, 0.4) is 0 Å². The lowest BCUT2D eigenvalue weighted by atomic mass is 9.98. The van der Waals surface area contributed by atoms with E-state index in [1.54, 1.807) is 37.7 Å². The van der Waals surface area contributed by atoms with Gasteiger partial charge in [0.25, 0.3) is 0 Å². The van der Waals surface area contributed by atoms with Crippen LogP contribution in [0.1, 0.15) is 24.2 Å². The number of hydrogen-bond donors (Lipinski definition) is 1. The molecule has 112 valence electrons. The second-order valence-corrected chi connectivity index (χ2v) is 4.43. The minimum Gasteiger partial charge on any atom is -0.465 e. The van der Waals surface area contributed by atoms with E-state index in [-0.39, 0.29) is 6.61 Å². The fourth-order valence-electron chi connectivity index (χ4n) is 2.11. The van der Waals surface area contributed by atoms with Crippen molar-refractivity contribution in [2.45, 2.75) is 12.8 Å². The first kappa shape index (κ1) is 15.0. The Morgan fingerprint density at radius 3 is 2.81 bits per heavy atom. The van der Waals surface area contributed by atoms with Gasteiger partial charge in [-0.1, -0.05) is 12.1 Å². The van der Waals surface area contributed by atoms with E-state index in [1.165, 1.54) is 12.1 Å². The van der Waals surface area contributed by atoms with Crippen molar-refractivity contribution in [3.05, 3.63) is 41.5 Å². The third-order valence-corrected chi connectivity index (χ3v) is 3.09. The Bertz CT molecular complexity index is 642. The van der Waals surface area contributed by atoms with Gasteiger partial charge in [-0.2, -0.15) is 0 Å². The summed E-state index contributed by atoms with van der Waals surface area (Å²) in [6.07, 6.45) is 0. The summed E-state index contributed by atoms with van der Waals surface area (Å²) in [5.41, 5.74) is 0.478. The summed E-state index contributed by atoms with van der Waals surface area (Å²) < 4.78 is 20.2. The molecular formula is C14H17FN4O2. The van der Waals surface area contributed by atoms with Gasteiger partial charge in [-0.15, -0.1) is 10.2 Å². The van der Waals surface area contributed by atoms with E-state index in [1.807, 2.05) is 0 Å². The molecule has 2 aromatic rings. The maximum atomic E-state index is 13.5. The van der Waals surface area contributed by atoms with Gasteiger partial charge in [0, 0.05) is 14.1 Å². The van der Waals surface area contributed by atoms with Gasteiger partial charge < -0.3 is 10.1 Å². The highest BCUT2D eigenvalue weighted by Crippen LogP contribution is 2.26. The van der Waals surface area contributed by atoms with Gasteiger partial charge in [0.15, 0.2) is 5.82 Å². The van der Waals surface area contributed by atoms with E-state index in [4.69, 9.17) is 4.74 Å². The number of hydrogen-bond acceptors (Lipinski definition) is 5. The summed E-state index contributed by atoms with van der Waals surface area (Å²) >= 11 is 0. The van der Waals surface area contributed by atoms with Gasteiger partial charge in [0.1, 0.15) is 11.7 Å². The largest absolute Gasteiger partial charge is 0.465 e. The zero-order valence-electron chi connectivity index (χ0n) is 12.1. The quantitative estimate of drug-likeness (QED) is 0.849. The smallest absolute Gasteiger partial charge is 0.321 e. The Morgan fingerprint density at radius 1 is 1.48 bits per heavy atom. The van der Waals surface area contributed by atoms with Gasteiger partial charge in [0.05, 0.1) is 6.61 Å². The summed E-state index contributed by atoms with van der Waals surface area (Å²) in [6, 6.07) is 5.83. The Balaban J connectivity index is 2.50. The van der Waals surface area contributed by atoms with Crippen LogP contribution in [0, 0.1) is 5.82 Å². The molecule has 0 fully saturated rings. The summed E-state index contributed by atoms with van der Waals surface area (Å²) in [5, 5.41) is 10.8. The van der Waals surface area contributed by atoms with Crippen molar-refractivity contribution < 1.29 is 13.9 Å². The number of carbonyl (C=O) groups excluding carboxylic acids is 1. The van der Waals surface area contributed by atoms with Gasteiger partial charge >= 0.3 is 5.97 Å². The van der Waals surface area contributed by atoms with Crippen LogP contribution in [-0.4, -0.2) is 34.4 Å². The van der Waals surface area contributed by atoms with Crippen LogP contribution in [-0.2, 0) is 16.6 Å². The van der Waals surface area contributed by atoms with Crippen LogP contribution >= 0.6 is 0 Å². The third-order valence-electron chi connectivity index (χ3n) is 3.09. The van der Waals surface area contributed by atoms with Crippen molar-refractivity contribution in [3.8, 4) is 0 Å². The molecule has 0 spiro atoms. The number of rotatable bonds is 5. The Kier molecular flexibility index (Phi) is 4.52. The molecule has 0 bridgehead atoms. The average molecular weight is 292 g/mol. The van der Waals surface area contributed by atoms with Crippen molar-refractivity contribution in [3.63, 3.8) is 0 Å².